The number of rotatable bonds is 7. The average molecular weight is 379 g/mol. The van der Waals surface area contributed by atoms with Gasteiger partial charge in [0, 0.05) is 58.3 Å². The molecular weight excluding hydrogens is 373 g/mol. The Bertz CT molecular complexity index is 255. The van der Waals surface area contributed by atoms with Gasteiger partial charge in [-0.05, 0) is 31.9 Å². The number of thiol groups is 1. The van der Waals surface area contributed by atoms with Crippen LogP contribution in [0.2, 0.25) is 0 Å². The third kappa shape index (κ3) is 9.97. The van der Waals surface area contributed by atoms with E-state index in [1.807, 2.05) is 6.92 Å². The second-order valence-electron chi connectivity index (χ2n) is 1.56. The summed E-state index contributed by atoms with van der Waals surface area (Å²) in [7, 11) is 7.38. The maximum absolute atomic E-state index is 5.31. The Morgan fingerprint density at radius 1 is 1.36 bits per heavy atom. The minimum Gasteiger partial charge on any atom is -0.405 e. The lowest BCUT2D eigenvalue weighted by atomic mass is 10.5. The molecule has 0 amide bonds. The molecule has 0 fully saturated rings. The van der Waals surface area contributed by atoms with Crippen LogP contribution in [0.25, 0.3) is 0 Å². The summed E-state index contributed by atoms with van der Waals surface area (Å²) < 4.78 is 5.31. The summed E-state index contributed by atoms with van der Waals surface area (Å²) in [6.45, 7) is -0.0175. The van der Waals surface area contributed by atoms with Crippen molar-refractivity contribution in [1.82, 2.24) is 0 Å². The van der Waals surface area contributed by atoms with E-state index < -0.39 is 6.46 Å². The van der Waals surface area contributed by atoms with Gasteiger partial charge in [0.25, 0.3) is 0 Å². The quantitative estimate of drug-likeness (QED) is 0.286. The van der Waals surface area contributed by atoms with Crippen LogP contribution in [0.3, 0.4) is 0 Å². The third-order valence-corrected chi connectivity index (χ3v) is 16.4. The monoisotopic (exact) mass is 378 g/mol. The first kappa shape index (κ1) is 16.8. The van der Waals surface area contributed by atoms with E-state index in [9.17, 15) is 0 Å². The summed E-state index contributed by atoms with van der Waals surface area (Å²) in [4.78, 5) is 0. The average Bonchev–Trinajstić information content (AvgIpc) is 2.12. The number of thiocarbonyl (C=S) groups is 1. The van der Waals surface area contributed by atoms with E-state index >= 15 is 0 Å². The summed E-state index contributed by atoms with van der Waals surface area (Å²) in [6, 6.07) is 0. The van der Waals surface area contributed by atoms with Gasteiger partial charge in [0.1, 0.15) is 6.46 Å². The van der Waals surface area contributed by atoms with Gasteiger partial charge in [0.15, 0.2) is 5.05 Å². The fourth-order valence-electron chi connectivity index (χ4n) is 0.256. The van der Waals surface area contributed by atoms with Gasteiger partial charge in [-0.15, -0.1) is 0 Å². The molecule has 0 aromatic heterocycles. The number of hydrogen-bond donors (Lipinski definition) is 1. The van der Waals surface area contributed by atoms with E-state index in [1.54, 1.807) is 19.7 Å². The van der Waals surface area contributed by atoms with Gasteiger partial charge in [0.2, 0.25) is 0 Å². The summed E-state index contributed by atoms with van der Waals surface area (Å²) in [5.41, 5.74) is 0. The highest BCUT2D eigenvalue weighted by Crippen LogP contribution is 2.51. The Morgan fingerprint density at radius 2 is 2.00 bits per heavy atom. The van der Waals surface area contributed by atoms with Crippen molar-refractivity contribution in [1.29, 1.82) is 0 Å². The molecule has 0 spiro atoms. The molecule has 0 bridgehead atoms. The molecule has 0 rings (SSSR count). The number of hydrogen-bond acceptors (Lipinski definition) is 10. The molecule has 0 saturated carbocycles. The van der Waals surface area contributed by atoms with Crippen LogP contribution < -0.4 is 0 Å². The molecule has 0 aliphatic carbocycles. The van der Waals surface area contributed by atoms with E-state index in [0.717, 1.165) is 0 Å². The van der Waals surface area contributed by atoms with Gasteiger partial charge >= 0.3 is 0 Å². The van der Waals surface area contributed by atoms with Gasteiger partial charge in [-0.25, -0.2) is 0 Å². The third-order valence-electron chi connectivity index (χ3n) is 0.681. The fraction of sp³-hybridized carbons (Fsp3) is 0.667. The highest BCUT2D eigenvalue weighted by atomic mass is 34.0. The lowest BCUT2D eigenvalue weighted by Crippen LogP contribution is -2.02. The Hall–Kier alpha value is 2.78. The molecule has 0 radical (unpaired) electrons. The van der Waals surface area contributed by atoms with E-state index in [1.165, 1.54) is 29.5 Å². The Kier molecular flexibility index (Phi) is 11.7. The van der Waals surface area contributed by atoms with E-state index in [-0.39, 0.29) is 0 Å². The van der Waals surface area contributed by atoms with Crippen LogP contribution in [-0.2, 0) is 33.0 Å². The molecule has 84 valence electrons. The molecule has 11 heteroatoms. The van der Waals surface area contributed by atoms with Crippen molar-refractivity contribution in [2.75, 3.05) is 0 Å². The second-order valence-corrected chi connectivity index (χ2v) is 18.1. The Balaban J connectivity index is 3.79. The molecule has 1 nitrogen and oxygen atoms in total. The SMILES string of the molecule is CCC(=S)OS(=S)(=S)SSSSSS. The highest BCUT2D eigenvalue weighted by molar-refractivity contribution is 9.46. The zero-order valence-electron chi connectivity index (χ0n) is 6.74. The van der Waals surface area contributed by atoms with Crippen molar-refractivity contribution in [3.05, 3.63) is 0 Å². The van der Waals surface area contributed by atoms with Crippen molar-refractivity contribution in [2.24, 2.45) is 0 Å². The van der Waals surface area contributed by atoms with Gasteiger partial charge in [-0.1, -0.05) is 18.6 Å². The zero-order valence-corrected chi connectivity index (χ0v) is 15.0. The van der Waals surface area contributed by atoms with Gasteiger partial charge in [0.05, 0.1) is 0 Å². The summed E-state index contributed by atoms with van der Waals surface area (Å²) >= 11 is 19.1. The van der Waals surface area contributed by atoms with Crippen molar-refractivity contribution in [3.8, 4) is 0 Å². The molecule has 0 aliphatic heterocycles. The largest absolute Gasteiger partial charge is 0.405 e. The van der Waals surface area contributed by atoms with Crippen molar-refractivity contribution < 1.29 is 4.18 Å². The molecule has 0 heterocycles. The van der Waals surface area contributed by atoms with E-state index in [2.05, 4.69) is 11.7 Å². The van der Waals surface area contributed by atoms with Crippen LogP contribution in [-0.4, -0.2) is 5.05 Å². The van der Waals surface area contributed by atoms with Crippen LogP contribution in [0.1, 0.15) is 13.3 Å². The Labute approximate surface area is 123 Å². The summed E-state index contributed by atoms with van der Waals surface area (Å²) in [5.74, 6) is 0. The Morgan fingerprint density at radius 3 is 2.50 bits per heavy atom. The minimum atomic E-state index is -1.94. The predicted octanol–water partition coefficient (Wildman–Crippen LogP) is 4.82. The van der Waals surface area contributed by atoms with E-state index in [4.69, 9.17) is 38.8 Å². The summed E-state index contributed by atoms with van der Waals surface area (Å²) in [5, 5.41) is 0.499. The maximum Gasteiger partial charge on any atom is 0.178 e. The first-order chi connectivity index (χ1) is 6.52. The standard InChI is InChI=1S/C3H6OS10/c1-2-3(5)4-14(7,8)13-12-11-10-9-6/h6H,2H2,1H3. The highest BCUT2D eigenvalue weighted by Gasteiger charge is 2.07. The van der Waals surface area contributed by atoms with Gasteiger partial charge in [-0.2, -0.15) is 0 Å². The van der Waals surface area contributed by atoms with Crippen LogP contribution in [0.15, 0.2) is 0 Å². The second kappa shape index (κ2) is 9.77. The van der Waals surface area contributed by atoms with Crippen LogP contribution >= 0.6 is 73.0 Å². The van der Waals surface area contributed by atoms with Crippen LogP contribution in [0.4, 0.5) is 0 Å². The molecule has 0 saturated heterocycles. The lowest BCUT2D eigenvalue weighted by molar-refractivity contribution is 0.646. The molecule has 0 N–H and O–H groups in total. The molecule has 0 aromatic carbocycles. The van der Waals surface area contributed by atoms with Crippen LogP contribution in [0, 0.1) is 0 Å². The van der Waals surface area contributed by atoms with Crippen LogP contribution in [0.5, 0.6) is 0 Å². The molecule has 0 aliphatic rings. The minimum absolute atomic E-state index is 0.499. The zero-order chi connectivity index (χ0) is 11.0. The lowest BCUT2D eigenvalue weighted by Gasteiger charge is -2.09. The van der Waals surface area contributed by atoms with Crippen molar-refractivity contribution in [2.45, 2.75) is 13.3 Å². The van der Waals surface area contributed by atoms with Crippen molar-refractivity contribution in [3.63, 3.8) is 0 Å². The van der Waals surface area contributed by atoms with Crippen molar-refractivity contribution >= 4 is 107 Å². The first-order valence-corrected chi connectivity index (χ1v) is 14.5. The maximum atomic E-state index is 5.31. The van der Waals surface area contributed by atoms with E-state index in [0.29, 0.717) is 11.5 Å². The summed E-state index contributed by atoms with van der Waals surface area (Å²) in [6.07, 6.45) is 0.678. The smallest absolute Gasteiger partial charge is 0.178 e. The van der Waals surface area contributed by atoms with Gasteiger partial charge in [-0.3, -0.25) is 0 Å². The molecule has 14 heavy (non-hydrogen) atoms. The molecular formula is C3H6OS10. The predicted molar refractivity (Wildman–Crippen MR) is 93.0 cm³/mol. The first-order valence-electron chi connectivity index (χ1n) is 2.98. The topological polar surface area (TPSA) is 9.23 Å². The fourth-order valence-corrected chi connectivity index (χ4v) is 17.3. The molecule has 0 aromatic rings. The normalized spacial score (nSPS) is 11.3. The molecule has 0 atom stereocenters. The van der Waals surface area contributed by atoms with Gasteiger partial charge < -0.3 is 4.18 Å². The molecule has 0 unspecified atom stereocenters.